The normalized spacial score (nSPS) is 12.2. The second kappa shape index (κ2) is 4.01. The number of halogens is 1. The summed E-state index contributed by atoms with van der Waals surface area (Å²) < 4.78 is 17.4. The van der Waals surface area contributed by atoms with E-state index in [0.29, 0.717) is 0 Å². The Kier molecular flexibility index (Phi) is 2.98. The molecule has 1 unspecified atom stereocenters. The van der Waals surface area contributed by atoms with Gasteiger partial charge in [-0.2, -0.15) is 0 Å². The SMILES string of the molecule is COc1nc(C(N)C(=O)O)ccc1F. The van der Waals surface area contributed by atoms with Gasteiger partial charge in [0.25, 0.3) is 0 Å². The van der Waals surface area contributed by atoms with Gasteiger partial charge in [0.2, 0.25) is 5.88 Å². The molecule has 1 atom stereocenters. The Hall–Kier alpha value is -1.69. The molecule has 1 aromatic rings. The van der Waals surface area contributed by atoms with Crippen LogP contribution >= 0.6 is 0 Å². The van der Waals surface area contributed by atoms with E-state index in [-0.39, 0.29) is 11.6 Å². The minimum absolute atomic E-state index is 0.0516. The minimum Gasteiger partial charge on any atom is -0.480 e. The Labute approximate surface area is 79.3 Å². The van der Waals surface area contributed by atoms with Crippen LogP contribution in [0.3, 0.4) is 0 Å². The van der Waals surface area contributed by atoms with Gasteiger partial charge in [0.05, 0.1) is 12.8 Å². The Morgan fingerprint density at radius 1 is 1.71 bits per heavy atom. The Morgan fingerprint density at radius 3 is 2.86 bits per heavy atom. The van der Waals surface area contributed by atoms with E-state index in [1.165, 1.54) is 13.2 Å². The molecule has 0 spiro atoms. The molecule has 0 radical (unpaired) electrons. The lowest BCUT2D eigenvalue weighted by Crippen LogP contribution is -2.22. The molecule has 0 saturated heterocycles. The first-order valence-electron chi connectivity index (χ1n) is 3.75. The molecule has 0 amide bonds. The quantitative estimate of drug-likeness (QED) is 0.733. The summed E-state index contributed by atoms with van der Waals surface area (Å²) in [5, 5.41) is 8.57. The molecule has 76 valence electrons. The van der Waals surface area contributed by atoms with Crippen LogP contribution in [0.2, 0.25) is 0 Å². The van der Waals surface area contributed by atoms with Crippen molar-refractivity contribution >= 4 is 5.97 Å². The van der Waals surface area contributed by atoms with Crippen molar-refractivity contribution in [1.82, 2.24) is 4.98 Å². The van der Waals surface area contributed by atoms with Crippen molar-refractivity contribution in [2.24, 2.45) is 5.73 Å². The van der Waals surface area contributed by atoms with E-state index in [2.05, 4.69) is 9.72 Å². The first-order chi connectivity index (χ1) is 6.56. The van der Waals surface area contributed by atoms with Crippen molar-refractivity contribution < 1.29 is 19.0 Å². The van der Waals surface area contributed by atoms with Gasteiger partial charge in [0.15, 0.2) is 5.82 Å². The number of rotatable bonds is 3. The van der Waals surface area contributed by atoms with Crippen LogP contribution in [0.5, 0.6) is 5.88 Å². The zero-order valence-corrected chi connectivity index (χ0v) is 7.40. The number of aliphatic carboxylic acids is 1. The van der Waals surface area contributed by atoms with Crippen LogP contribution in [0, 0.1) is 5.82 Å². The molecule has 5 nitrogen and oxygen atoms in total. The number of aromatic nitrogens is 1. The predicted octanol–water partition coefficient (Wildman–Crippen LogP) is 0.314. The predicted molar refractivity (Wildman–Crippen MR) is 45.3 cm³/mol. The number of hydrogen-bond acceptors (Lipinski definition) is 4. The summed E-state index contributed by atoms with van der Waals surface area (Å²) in [4.78, 5) is 14.1. The fourth-order valence-electron chi connectivity index (χ4n) is 0.881. The molecule has 0 saturated carbocycles. The monoisotopic (exact) mass is 200 g/mol. The molecule has 14 heavy (non-hydrogen) atoms. The molecule has 0 fully saturated rings. The van der Waals surface area contributed by atoms with E-state index in [1.54, 1.807) is 0 Å². The summed E-state index contributed by atoms with van der Waals surface area (Å²) in [6.45, 7) is 0. The van der Waals surface area contributed by atoms with Gasteiger partial charge in [-0.15, -0.1) is 0 Å². The van der Waals surface area contributed by atoms with E-state index < -0.39 is 17.8 Å². The van der Waals surface area contributed by atoms with Gasteiger partial charge in [0.1, 0.15) is 6.04 Å². The molecule has 1 aromatic heterocycles. The molecule has 1 rings (SSSR count). The second-order valence-electron chi connectivity index (χ2n) is 2.54. The lowest BCUT2D eigenvalue weighted by Gasteiger charge is -2.07. The van der Waals surface area contributed by atoms with Crippen molar-refractivity contribution in [3.05, 3.63) is 23.6 Å². The fraction of sp³-hybridized carbons (Fsp3) is 0.250. The van der Waals surface area contributed by atoms with E-state index in [9.17, 15) is 9.18 Å². The highest BCUT2D eigenvalue weighted by Gasteiger charge is 2.17. The van der Waals surface area contributed by atoms with E-state index >= 15 is 0 Å². The molecule has 0 aliphatic heterocycles. The molecular formula is C8H9FN2O3. The molecule has 0 aliphatic rings. The zero-order valence-electron chi connectivity index (χ0n) is 7.40. The van der Waals surface area contributed by atoms with Gasteiger partial charge in [0, 0.05) is 0 Å². The van der Waals surface area contributed by atoms with Crippen LogP contribution < -0.4 is 10.5 Å². The number of carbonyl (C=O) groups is 1. The minimum atomic E-state index is -1.27. The summed E-state index contributed by atoms with van der Waals surface area (Å²) >= 11 is 0. The largest absolute Gasteiger partial charge is 0.480 e. The molecule has 0 bridgehead atoms. The maximum atomic E-state index is 12.9. The van der Waals surface area contributed by atoms with Crippen LogP contribution in [0.4, 0.5) is 4.39 Å². The maximum Gasteiger partial charge on any atom is 0.326 e. The number of nitrogens with zero attached hydrogens (tertiary/aromatic N) is 1. The van der Waals surface area contributed by atoms with Crippen molar-refractivity contribution in [1.29, 1.82) is 0 Å². The third kappa shape index (κ3) is 1.97. The molecular weight excluding hydrogens is 191 g/mol. The standard InChI is InChI=1S/C8H9FN2O3/c1-14-7-4(9)2-3-5(11-7)6(10)8(12)13/h2-3,6H,10H2,1H3,(H,12,13). The second-order valence-corrected chi connectivity index (χ2v) is 2.54. The van der Waals surface area contributed by atoms with Gasteiger partial charge >= 0.3 is 5.97 Å². The summed E-state index contributed by atoms with van der Waals surface area (Å²) in [5.41, 5.74) is 5.32. The zero-order chi connectivity index (χ0) is 10.7. The van der Waals surface area contributed by atoms with Gasteiger partial charge in [-0.3, -0.25) is 4.79 Å². The Balaban J connectivity index is 3.06. The van der Waals surface area contributed by atoms with Crippen molar-refractivity contribution in [2.75, 3.05) is 7.11 Å². The van der Waals surface area contributed by atoms with Crippen LogP contribution in [0.15, 0.2) is 12.1 Å². The Morgan fingerprint density at radius 2 is 2.36 bits per heavy atom. The van der Waals surface area contributed by atoms with E-state index in [0.717, 1.165) is 6.07 Å². The number of methoxy groups -OCH3 is 1. The average molecular weight is 200 g/mol. The number of nitrogens with two attached hydrogens (primary N) is 1. The topological polar surface area (TPSA) is 85.4 Å². The highest BCUT2D eigenvalue weighted by molar-refractivity contribution is 5.74. The molecule has 3 N–H and O–H groups in total. The summed E-state index contributed by atoms with van der Waals surface area (Å²) in [6.07, 6.45) is 0. The first-order valence-corrected chi connectivity index (χ1v) is 3.75. The third-order valence-electron chi connectivity index (χ3n) is 1.61. The maximum absolute atomic E-state index is 12.9. The lowest BCUT2D eigenvalue weighted by molar-refractivity contribution is -0.138. The Bertz CT molecular complexity index is 356. The number of carboxylic acid groups (broad SMARTS) is 1. The van der Waals surface area contributed by atoms with E-state index in [1.807, 2.05) is 0 Å². The van der Waals surface area contributed by atoms with Gasteiger partial charge < -0.3 is 15.6 Å². The van der Waals surface area contributed by atoms with Crippen LogP contribution in [-0.2, 0) is 4.79 Å². The van der Waals surface area contributed by atoms with Crippen molar-refractivity contribution in [3.63, 3.8) is 0 Å². The molecule has 1 heterocycles. The van der Waals surface area contributed by atoms with Crippen LogP contribution in [-0.4, -0.2) is 23.2 Å². The summed E-state index contributed by atoms with van der Waals surface area (Å²) in [6, 6.07) is 0.991. The number of carboxylic acids is 1. The van der Waals surface area contributed by atoms with Gasteiger partial charge in [-0.05, 0) is 12.1 Å². The number of hydrogen-bond donors (Lipinski definition) is 2. The molecule has 6 heteroatoms. The smallest absolute Gasteiger partial charge is 0.326 e. The van der Waals surface area contributed by atoms with E-state index in [4.69, 9.17) is 10.8 Å². The summed E-state index contributed by atoms with van der Waals surface area (Å²) in [5.74, 6) is -2.15. The van der Waals surface area contributed by atoms with Gasteiger partial charge in [-0.1, -0.05) is 0 Å². The summed E-state index contributed by atoms with van der Waals surface area (Å²) in [7, 11) is 1.24. The lowest BCUT2D eigenvalue weighted by atomic mass is 10.2. The van der Waals surface area contributed by atoms with Crippen LogP contribution in [0.25, 0.3) is 0 Å². The number of pyridine rings is 1. The molecule has 0 aliphatic carbocycles. The van der Waals surface area contributed by atoms with Gasteiger partial charge in [-0.25, -0.2) is 9.37 Å². The van der Waals surface area contributed by atoms with Crippen molar-refractivity contribution in [2.45, 2.75) is 6.04 Å². The van der Waals surface area contributed by atoms with Crippen LogP contribution in [0.1, 0.15) is 11.7 Å². The highest BCUT2D eigenvalue weighted by Crippen LogP contribution is 2.16. The fourth-order valence-corrected chi connectivity index (χ4v) is 0.881. The molecule has 0 aromatic carbocycles. The first kappa shape index (κ1) is 10.4. The highest BCUT2D eigenvalue weighted by atomic mass is 19.1. The van der Waals surface area contributed by atoms with Crippen molar-refractivity contribution in [3.8, 4) is 5.88 Å². The average Bonchev–Trinajstić information content (AvgIpc) is 2.17. The third-order valence-corrected chi connectivity index (χ3v) is 1.61. The number of ether oxygens (including phenoxy) is 1.